The minimum atomic E-state index is -0.949. The lowest BCUT2D eigenvalue weighted by Crippen LogP contribution is -1.99. The average Bonchev–Trinajstić information content (AvgIpc) is 2.85. The summed E-state index contributed by atoms with van der Waals surface area (Å²) in [7, 11) is 0. The number of benzene rings is 2. The standard InChI is InChI=1S/C16H11ClFNO2/c17-13-7-10(1-3-14(13)18)9-19-6-5-11-8-12(16(20)21)2-4-15(11)19/h1-8H,9H2,(H,20,21). The van der Waals surface area contributed by atoms with E-state index in [0.717, 1.165) is 16.5 Å². The zero-order valence-electron chi connectivity index (χ0n) is 10.9. The molecule has 0 bridgehead atoms. The number of carboxylic acids is 1. The molecule has 0 amide bonds. The van der Waals surface area contributed by atoms with Crippen molar-refractivity contribution >= 4 is 28.5 Å². The highest BCUT2D eigenvalue weighted by Gasteiger charge is 2.08. The van der Waals surface area contributed by atoms with Gasteiger partial charge in [0, 0.05) is 23.6 Å². The van der Waals surface area contributed by atoms with Crippen LogP contribution in [0.5, 0.6) is 0 Å². The van der Waals surface area contributed by atoms with Gasteiger partial charge in [0.15, 0.2) is 0 Å². The summed E-state index contributed by atoms with van der Waals surface area (Å²) in [4.78, 5) is 11.0. The van der Waals surface area contributed by atoms with E-state index in [1.165, 1.54) is 6.07 Å². The normalized spacial score (nSPS) is 11.0. The smallest absolute Gasteiger partial charge is 0.335 e. The second-order valence-electron chi connectivity index (χ2n) is 4.77. The number of halogens is 2. The molecule has 0 aliphatic carbocycles. The van der Waals surface area contributed by atoms with Gasteiger partial charge in [0.05, 0.1) is 10.6 Å². The fourth-order valence-corrected chi connectivity index (χ4v) is 2.51. The Hall–Kier alpha value is -2.33. The van der Waals surface area contributed by atoms with Crippen molar-refractivity contribution in [3.05, 3.63) is 70.6 Å². The van der Waals surface area contributed by atoms with Gasteiger partial charge < -0.3 is 9.67 Å². The maximum atomic E-state index is 13.2. The third-order valence-electron chi connectivity index (χ3n) is 3.35. The molecule has 106 valence electrons. The van der Waals surface area contributed by atoms with E-state index in [2.05, 4.69) is 0 Å². The highest BCUT2D eigenvalue weighted by molar-refractivity contribution is 6.30. The number of hydrogen-bond donors (Lipinski definition) is 1. The third kappa shape index (κ3) is 2.62. The number of fused-ring (bicyclic) bond motifs is 1. The SMILES string of the molecule is O=C(O)c1ccc2c(ccn2Cc2ccc(F)c(Cl)c2)c1. The highest BCUT2D eigenvalue weighted by Crippen LogP contribution is 2.21. The van der Waals surface area contributed by atoms with Crippen molar-refractivity contribution in [1.29, 1.82) is 0 Å². The lowest BCUT2D eigenvalue weighted by Gasteiger charge is -2.07. The van der Waals surface area contributed by atoms with Gasteiger partial charge in [0.1, 0.15) is 5.82 Å². The van der Waals surface area contributed by atoms with Crippen LogP contribution in [-0.4, -0.2) is 15.6 Å². The Morgan fingerprint density at radius 3 is 2.71 bits per heavy atom. The van der Waals surface area contributed by atoms with Gasteiger partial charge in [0.25, 0.3) is 0 Å². The molecule has 5 heteroatoms. The van der Waals surface area contributed by atoms with Gasteiger partial charge in [-0.2, -0.15) is 0 Å². The van der Waals surface area contributed by atoms with E-state index in [9.17, 15) is 9.18 Å². The topological polar surface area (TPSA) is 42.2 Å². The van der Waals surface area contributed by atoms with Crippen LogP contribution in [0, 0.1) is 5.82 Å². The summed E-state index contributed by atoms with van der Waals surface area (Å²) >= 11 is 5.78. The molecule has 0 aliphatic heterocycles. The molecule has 1 N–H and O–H groups in total. The highest BCUT2D eigenvalue weighted by atomic mass is 35.5. The van der Waals surface area contributed by atoms with Crippen LogP contribution in [0.4, 0.5) is 4.39 Å². The first-order chi connectivity index (χ1) is 10.0. The Labute approximate surface area is 125 Å². The third-order valence-corrected chi connectivity index (χ3v) is 3.64. The Morgan fingerprint density at radius 1 is 1.19 bits per heavy atom. The van der Waals surface area contributed by atoms with Crippen molar-refractivity contribution in [3.63, 3.8) is 0 Å². The van der Waals surface area contributed by atoms with Crippen LogP contribution in [0.3, 0.4) is 0 Å². The Bertz CT molecular complexity index is 841. The van der Waals surface area contributed by atoms with Crippen molar-refractivity contribution in [1.82, 2.24) is 4.57 Å². The van der Waals surface area contributed by atoms with Crippen molar-refractivity contribution in [2.75, 3.05) is 0 Å². The van der Waals surface area contributed by atoms with Crippen LogP contribution in [0.25, 0.3) is 10.9 Å². The molecule has 0 atom stereocenters. The van der Waals surface area contributed by atoms with Crippen LogP contribution >= 0.6 is 11.6 Å². The first kappa shape index (κ1) is 13.6. The molecule has 0 spiro atoms. The predicted octanol–water partition coefficient (Wildman–Crippen LogP) is 4.18. The van der Waals surface area contributed by atoms with E-state index in [0.29, 0.717) is 6.54 Å². The summed E-state index contributed by atoms with van der Waals surface area (Å²) in [6, 6.07) is 11.4. The number of aromatic carboxylic acids is 1. The molecule has 1 heterocycles. The number of hydrogen-bond acceptors (Lipinski definition) is 1. The van der Waals surface area contributed by atoms with Gasteiger partial charge >= 0.3 is 5.97 Å². The zero-order chi connectivity index (χ0) is 15.0. The fraction of sp³-hybridized carbons (Fsp3) is 0.0625. The summed E-state index contributed by atoms with van der Waals surface area (Å²) in [5, 5.41) is 9.93. The van der Waals surface area contributed by atoms with Gasteiger partial charge in [-0.25, -0.2) is 9.18 Å². The number of nitrogens with zero attached hydrogens (tertiary/aromatic N) is 1. The number of rotatable bonds is 3. The Morgan fingerprint density at radius 2 is 2.00 bits per heavy atom. The summed E-state index contributed by atoms with van der Waals surface area (Å²) in [5.74, 6) is -1.39. The largest absolute Gasteiger partial charge is 0.478 e. The van der Waals surface area contributed by atoms with Crippen LogP contribution in [0.1, 0.15) is 15.9 Å². The second kappa shape index (κ2) is 5.22. The Kier molecular flexibility index (Phi) is 3.39. The molecule has 3 rings (SSSR count). The molecular weight excluding hydrogens is 293 g/mol. The van der Waals surface area contributed by atoms with Crippen molar-refractivity contribution < 1.29 is 14.3 Å². The fourth-order valence-electron chi connectivity index (χ4n) is 2.31. The van der Waals surface area contributed by atoms with E-state index >= 15 is 0 Å². The van der Waals surface area contributed by atoms with Crippen molar-refractivity contribution in [2.24, 2.45) is 0 Å². The molecule has 2 aromatic carbocycles. The molecule has 0 aliphatic rings. The minimum Gasteiger partial charge on any atom is -0.478 e. The molecule has 21 heavy (non-hydrogen) atoms. The first-order valence-corrected chi connectivity index (χ1v) is 6.68. The second-order valence-corrected chi connectivity index (χ2v) is 5.18. The molecule has 0 fully saturated rings. The number of carboxylic acid groups (broad SMARTS) is 1. The molecule has 1 aromatic heterocycles. The maximum Gasteiger partial charge on any atom is 0.335 e. The van der Waals surface area contributed by atoms with E-state index < -0.39 is 11.8 Å². The molecule has 0 unspecified atom stereocenters. The number of carbonyl (C=O) groups is 1. The molecular formula is C16H11ClFNO2. The van der Waals surface area contributed by atoms with E-state index in [1.807, 2.05) is 16.8 Å². The summed E-state index contributed by atoms with van der Waals surface area (Å²) in [6.45, 7) is 0.538. The average molecular weight is 304 g/mol. The summed E-state index contributed by atoms with van der Waals surface area (Å²) < 4.78 is 15.1. The van der Waals surface area contributed by atoms with Gasteiger partial charge in [-0.1, -0.05) is 17.7 Å². The summed E-state index contributed by atoms with van der Waals surface area (Å²) in [5.41, 5.74) is 2.05. The molecule has 0 saturated carbocycles. The monoisotopic (exact) mass is 303 g/mol. The van der Waals surface area contributed by atoms with Gasteiger partial charge in [0.2, 0.25) is 0 Å². The number of aromatic nitrogens is 1. The lowest BCUT2D eigenvalue weighted by atomic mass is 10.1. The van der Waals surface area contributed by atoms with E-state index in [1.54, 1.807) is 30.3 Å². The zero-order valence-corrected chi connectivity index (χ0v) is 11.6. The van der Waals surface area contributed by atoms with Gasteiger partial charge in [-0.05, 0) is 42.0 Å². The lowest BCUT2D eigenvalue weighted by molar-refractivity contribution is 0.0697. The van der Waals surface area contributed by atoms with Crippen LogP contribution in [-0.2, 0) is 6.54 Å². The van der Waals surface area contributed by atoms with Crippen molar-refractivity contribution in [3.8, 4) is 0 Å². The molecule has 0 radical (unpaired) electrons. The van der Waals surface area contributed by atoms with Crippen LogP contribution in [0.15, 0.2) is 48.7 Å². The predicted molar refractivity (Wildman–Crippen MR) is 79.4 cm³/mol. The van der Waals surface area contributed by atoms with Crippen LogP contribution in [0.2, 0.25) is 5.02 Å². The first-order valence-electron chi connectivity index (χ1n) is 6.31. The van der Waals surface area contributed by atoms with Crippen molar-refractivity contribution in [2.45, 2.75) is 6.54 Å². The van der Waals surface area contributed by atoms with Gasteiger partial charge in [-0.3, -0.25) is 0 Å². The minimum absolute atomic E-state index is 0.0946. The maximum absolute atomic E-state index is 13.2. The quantitative estimate of drug-likeness (QED) is 0.788. The molecule has 0 saturated heterocycles. The van der Waals surface area contributed by atoms with Crippen LogP contribution < -0.4 is 0 Å². The molecule has 3 nitrogen and oxygen atoms in total. The summed E-state index contributed by atoms with van der Waals surface area (Å²) in [6.07, 6.45) is 1.87. The molecule has 3 aromatic rings. The van der Waals surface area contributed by atoms with E-state index in [4.69, 9.17) is 16.7 Å². The van der Waals surface area contributed by atoms with Gasteiger partial charge in [-0.15, -0.1) is 0 Å². The Balaban J connectivity index is 1.97. The van der Waals surface area contributed by atoms with E-state index in [-0.39, 0.29) is 10.6 Å².